The molecule has 0 fully saturated rings. The Kier molecular flexibility index (Phi) is 57.8. The number of hydrogen-bond acceptors (Lipinski definition) is 6. The topological polar surface area (TPSA) is 78.9 Å². The molecule has 0 bridgehead atoms. The predicted molar refractivity (Wildman–Crippen MR) is 316 cm³/mol. The van der Waals surface area contributed by atoms with Gasteiger partial charge in [0.25, 0.3) is 0 Å². The first kappa shape index (κ1) is 69.3. The summed E-state index contributed by atoms with van der Waals surface area (Å²) in [6, 6.07) is 0. The quantitative estimate of drug-likeness (QED) is 0.0261. The van der Waals surface area contributed by atoms with Crippen molar-refractivity contribution >= 4 is 17.9 Å². The molecule has 0 heterocycles. The van der Waals surface area contributed by atoms with Crippen LogP contribution in [0.1, 0.15) is 290 Å². The zero-order valence-electron chi connectivity index (χ0n) is 47.9. The van der Waals surface area contributed by atoms with Crippen LogP contribution in [0.5, 0.6) is 0 Å². The van der Waals surface area contributed by atoms with Gasteiger partial charge in [-0.15, -0.1) is 0 Å². The third-order valence-electron chi connectivity index (χ3n) is 13.0. The van der Waals surface area contributed by atoms with E-state index < -0.39 is 6.10 Å². The molecule has 73 heavy (non-hydrogen) atoms. The van der Waals surface area contributed by atoms with Gasteiger partial charge in [-0.3, -0.25) is 14.4 Å². The van der Waals surface area contributed by atoms with Gasteiger partial charge in [-0.2, -0.15) is 0 Å². The summed E-state index contributed by atoms with van der Waals surface area (Å²) in [7, 11) is 0. The molecule has 0 aromatic carbocycles. The highest BCUT2D eigenvalue weighted by Gasteiger charge is 2.19. The van der Waals surface area contributed by atoms with Gasteiger partial charge < -0.3 is 14.2 Å². The van der Waals surface area contributed by atoms with Gasteiger partial charge in [0.15, 0.2) is 6.10 Å². The van der Waals surface area contributed by atoms with Crippen molar-refractivity contribution in [2.24, 2.45) is 0 Å². The van der Waals surface area contributed by atoms with E-state index in [1.807, 2.05) is 0 Å². The second kappa shape index (κ2) is 60.9. The van der Waals surface area contributed by atoms with Crippen LogP contribution in [-0.2, 0) is 28.6 Å². The van der Waals surface area contributed by atoms with E-state index in [0.717, 1.165) is 109 Å². The van der Waals surface area contributed by atoms with E-state index in [4.69, 9.17) is 14.2 Å². The Morgan fingerprint density at radius 2 is 0.534 bits per heavy atom. The molecule has 0 radical (unpaired) electrons. The maximum Gasteiger partial charge on any atom is 0.306 e. The molecule has 0 aromatic rings. The summed E-state index contributed by atoms with van der Waals surface area (Å²) in [4.78, 5) is 38.3. The molecule has 1 unspecified atom stereocenters. The summed E-state index contributed by atoms with van der Waals surface area (Å²) < 4.78 is 16.9. The van der Waals surface area contributed by atoms with Crippen LogP contribution < -0.4 is 0 Å². The minimum Gasteiger partial charge on any atom is -0.462 e. The Morgan fingerprint density at radius 3 is 0.863 bits per heavy atom. The monoisotopic (exact) mass is 1010 g/mol. The summed E-state index contributed by atoms with van der Waals surface area (Å²) in [6.45, 7) is 6.49. The molecule has 0 aromatic heterocycles. The van der Waals surface area contributed by atoms with E-state index in [2.05, 4.69) is 118 Å². The fourth-order valence-corrected chi connectivity index (χ4v) is 8.44. The molecule has 6 nitrogen and oxygen atoms in total. The first-order valence-corrected chi connectivity index (χ1v) is 30.7. The Morgan fingerprint density at radius 1 is 0.288 bits per heavy atom. The molecule has 0 aliphatic rings. The summed E-state index contributed by atoms with van der Waals surface area (Å²) in [5, 5.41) is 0. The summed E-state index contributed by atoms with van der Waals surface area (Å²) in [6.07, 6.45) is 81.1. The third-order valence-corrected chi connectivity index (χ3v) is 13.0. The largest absolute Gasteiger partial charge is 0.462 e. The van der Waals surface area contributed by atoms with Gasteiger partial charge in [0.1, 0.15) is 13.2 Å². The third kappa shape index (κ3) is 59.1. The number of rotatable bonds is 55. The molecule has 0 N–H and O–H groups in total. The number of esters is 3. The Balaban J connectivity index is 4.45. The smallest absolute Gasteiger partial charge is 0.306 e. The van der Waals surface area contributed by atoms with Crippen LogP contribution in [0.25, 0.3) is 0 Å². The van der Waals surface area contributed by atoms with Crippen LogP contribution in [0, 0.1) is 0 Å². The summed E-state index contributed by atoms with van der Waals surface area (Å²) in [5.41, 5.74) is 0. The van der Waals surface area contributed by atoms with Gasteiger partial charge in [-0.1, -0.05) is 246 Å². The molecule has 0 saturated heterocycles. The molecule has 0 rings (SSSR count). The van der Waals surface area contributed by atoms with Crippen LogP contribution in [0.2, 0.25) is 0 Å². The van der Waals surface area contributed by atoms with E-state index in [1.54, 1.807) is 0 Å². The van der Waals surface area contributed by atoms with Gasteiger partial charge >= 0.3 is 17.9 Å². The highest BCUT2D eigenvalue weighted by molar-refractivity contribution is 5.71. The maximum absolute atomic E-state index is 12.9. The number of carbonyl (C=O) groups is 3. The fourth-order valence-electron chi connectivity index (χ4n) is 8.44. The molecule has 0 aliphatic carbocycles. The van der Waals surface area contributed by atoms with Gasteiger partial charge in [-0.25, -0.2) is 0 Å². The number of allylic oxidation sites excluding steroid dienone is 16. The zero-order chi connectivity index (χ0) is 52.9. The van der Waals surface area contributed by atoms with E-state index >= 15 is 0 Å². The number of carbonyl (C=O) groups excluding carboxylic acids is 3. The fraction of sp³-hybridized carbons (Fsp3) is 0.716. The Labute approximate surface area is 451 Å². The van der Waals surface area contributed by atoms with E-state index in [-0.39, 0.29) is 37.5 Å². The zero-order valence-corrected chi connectivity index (χ0v) is 47.9. The lowest BCUT2D eigenvalue weighted by Gasteiger charge is -2.18. The number of hydrogen-bond donors (Lipinski definition) is 0. The van der Waals surface area contributed by atoms with Crippen molar-refractivity contribution in [1.29, 1.82) is 0 Å². The van der Waals surface area contributed by atoms with Crippen LogP contribution in [-0.4, -0.2) is 37.2 Å². The van der Waals surface area contributed by atoms with Crippen molar-refractivity contribution in [3.05, 3.63) is 97.2 Å². The van der Waals surface area contributed by atoms with Crippen LogP contribution in [0.4, 0.5) is 0 Å². The Bertz CT molecular complexity index is 1440. The van der Waals surface area contributed by atoms with Gasteiger partial charge in [0.05, 0.1) is 0 Å². The Hall–Kier alpha value is -3.67. The van der Waals surface area contributed by atoms with Gasteiger partial charge in [0.2, 0.25) is 0 Å². The van der Waals surface area contributed by atoms with Gasteiger partial charge in [0, 0.05) is 19.3 Å². The molecule has 0 amide bonds. The van der Waals surface area contributed by atoms with Crippen LogP contribution >= 0.6 is 0 Å². The molecule has 418 valence electrons. The predicted octanol–water partition coefficient (Wildman–Crippen LogP) is 20.9. The highest BCUT2D eigenvalue weighted by atomic mass is 16.6. The number of unbranched alkanes of at least 4 members (excludes halogenated alkanes) is 28. The average molecular weight is 1020 g/mol. The van der Waals surface area contributed by atoms with Crippen molar-refractivity contribution in [3.63, 3.8) is 0 Å². The number of ether oxygens (including phenoxy) is 3. The highest BCUT2D eigenvalue weighted by Crippen LogP contribution is 2.15. The lowest BCUT2D eigenvalue weighted by atomic mass is 10.1. The maximum atomic E-state index is 12.9. The van der Waals surface area contributed by atoms with Crippen LogP contribution in [0.3, 0.4) is 0 Å². The lowest BCUT2D eigenvalue weighted by molar-refractivity contribution is -0.167. The van der Waals surface area contributed by atoms with Gasteiger partial charge in [-0.05, 0) is 122 Å². The molecule has 6 heteroatoms. The lowest BCUT2D eigenvalue weighted by Crippen LogP contribution is -2.30. The molecule has 1 atom stereocenters. The van der Waals surface area contributed by atoms with Crippen molar-refractivity contribution in [3.8, 4) is 0 Å². The minimum absolute atomic E-state index is 0.0958. The molecule has 0 aliphatic heterocycles. The minimum atomic E-state index is -0.802. The molecule has 0 saturated carbocycles. The van der Waals surface area contributed by atoms with E-state index in [9.17, 15) is 14.4 Å². The summed E-state index contributed by atoms with van der Waals surface area (Å²) >= 11 is 0. The first-order chi connectivity index (χ1) is 36.0. The molecular weight excluding hydrogens is 901 g/mol. The second-order valence-electron chi connectivity index (χ2n) is 20.2. The standard InChI is InChI=1S/C67H114O6/c1-4-7-10-13-16-19-22-25-28-30-32-33-35-36-39-42-45-48-51-54-57-60-66(69)72-63-64(62-71-65(68)59-56-53-50-47-44-41-38-27-24-21-18-15-12-9-6-3)73-67(70)61-58-55-52-49-46-43-40-37-34-31-29-26-23-20-17-14-11-8-5-2/h8,11,17,20,22,25-27,29-30,32,34,37-38,43,46,64H,4-7,9-10,12-16,18-19,21,23-24,28,31,33,35-36,39-42,44-45,47-63H2,1-3H3/b11-8-,20-17-,25-22-,29-26-,32-30-,37-34-,38-27-,46-43-. The van der Waals surface area contributed by atoms with Crippen molar-refractivity contribution in [1.82, 2.24) is 0 Å². The van der Waals surface area contributed by atoms with E-state index in [1.165, 1.54) is 141 Å². The first-order valence-electron chi connectivity index (χ1n) is 30.7. The van der Waals surface area contributed by atoms with Crippen molar-refractivity contribution in [2.45, 2.75) is 297 Å². The van der Waals surface area contributed by atoms with Crippen molar-refractivity contribution in [2.75, 3.05) is 13.2 Å². The molecule has 0 spiro atoms. The van der Waals surface area contributed by atoms with E-state index in [0.29, 0.717) is 12.8 Å². The summed E-state index contributed by atoms with van der Waals surface area (Å²) in [5.74, 6) is -0.934. The van der Waals surface area contributed by atoms with Crippen LogP contribution in [0.15, 0.2) is 97.2 Å². The SMILES string of the molecule is CC/C=C\C/C=C\C/C=C\C/C=C\C/C=C\CCCCCC(=O)OC(COC(=O)CCCCCCC/C=C\CCCCCCCC)COC(=O)CCCCCCCCCCC/C=C\C/C=C\CCCCCCC. The molecular formula is C67H114O6. The normalized spacial score (nSPS) is 12.8. The second-order valence-corrected chi connectivity index (χ2v) is 20.2. The average Bonchev–Trinajstić information content (AvgIpc) is 3.39. The van der Waals surface area contributed by atoms with Crippen molar-refractivity contribution < 1.29 is 28.6 Å².